The summed E-state index contributed by atoms with van der Waals surface area (Å²) in [5.74, 6) is -0.185. The van der Waals surface area contributed by atoms with Crippen molar-refractivity contribution in [1.29, 1.82) is 0 Å². The fourth-order valence-corrected chi connectivity index (χ4v) is 4.24. The van der Waals surface area contributed by atoms with Crippen LogP contribution in [0.1, 0.15) is 52.0 Å². The number of carbonyl (C=O) groups is 1. The molecule has 1 saturated heterocycles. The van der Waals surface area contributed by atoms with Gasteiger partial charge in [-0.05, 0) is 30.5 Å². The lowest BCUT2D eigenvalue weighted by molar-refractivity contribution is 0.0533. The third kappa shape index (κ3) is 4.78. The Morgan fingerprint density at radius 2 is 1.80 bits per heavy atom. The molecule has 1 aliphatic rings. The first-order valence-corrected chi connectivity index (χ1v) is 10.5. The zero-order valence-electron chi connectivity index (χ0n) is 17.0. The Balaban J connectivity index is 1.38. The molecule has 4 rings (SSSR count). The first kappa shape index (κ1) is 20.3. The molecule has 0 bridgehead atoms. The highest BCUT2D eigenvalue weighted by Crippen LogP contribution is 2.29. The standard InChI is InChI=1S/C24H28N4O2/c25-24(29)21-16-26-27-22(21)20-12-7-13-28(17-20)14-15-30-23(18-8-3-1-4-9-18)19-10-5-2-6-11-19/h1-6,8-11,16,20,23H,7,12-15,17H2,(H2,25,29)(H,26,27)/t20-/m0/s1. The quantitative estimate of drug-likeness (QED) is 0.602. The van der Waals surface area contributed by atoms with Gasteiger partial charge in [-0.1, -0.05) is 60.7 Å². The van der Waals surface area contributed by atoms with Crippen molar-refractivity contribution in [2.24, 2.45) is 5.73 Å². The number of hydrogen-bond donors (Lipinski definition) is 2. The Morgan fingerprint density at radius 3 is 2.43 bits per heavy atom. The maximum Gasteiger partial charge on any atom is 0.252 e. The molecule has 0 saturated carbocycles. The van der Waals surface area contributed by atoms with Crippen molar-refractivity contribution in [3.63, 3.8) is 0 Å². The second-order valence-electron chi connectivity index (χ2n) is 7.77. The molecule has 1 atom stereocenters. The summed E-state index contributed by atoms with van der Waals surface area (Å²) >= 11 is 0. The van der Waals surface area contributed by atoms with E-state index in [-0.39, 0.29) is 12.0 Å². The van der Waals surface area contributed by atoms with Crippen LogP contribution in [0.4, 0.5) is 0 Å². The van der Waals surface area contributed by atoms with E-state index in [4.69, 9.17) is 10.5 Å². The Kier molecular flexibility index (Phi) is 6.57. The van der Waals surface area contributed by atoms with Crippen molar-refractivity contribution in [2.75, 3.05) is 26.2 Å². The highest BCUT2D eigenvalue weighted by atomic mass is 16.5. The highest BCUT2D eigenvalue weighted by molar-refractivity contribution is 5.93. The van der Waals surface area contributed by atoms with Crippen LogP contribution in [0.15, 0.2) is 66.9 Å². The Labute approximate surface area is 177 Å². The van der Waals surface area contributed by atoms with Gasteiger partial charge in [0.2, 0.25) is 0 Å². The monoisotopic (exact) mass is 404 g/mol. The predicted octanol–water partition coefficient (Wildman–Crippen LogP) is 3.49. The van der Waals surface area contributed by atoms with Gasteiger partial charge in [0.1, 0.15) is 6.10 Å². The Hall–Kier alpha value is -2.96. The molecule has 6 heteroatoms. The third-order valence-corrected chi connectivity index (χ3v) is 5.74. The number of hydrogen-bond acceptors (Lipinski definition) is 4. The van der Waals surface area contributed by atoms with E-state index < -0.39 is 5.91 Å². The lowest BCUT2D eigenvalue weighted by Gasteiger charge is -2.32. The van der Waals surface area contributed by atoms with Gasteiger partial charge in [0, 0.05) is 19.0 Å². The maximum atomic E-state index is 11.7. The molecule has 3 aromatic rings. The molecule has 30 heavy (non-hydrogen) atoms. The van der Waals surface area contributed by atoms with Gasteiger partial charge in [-0.3, -0.25) is 9.89 Å². The predicted molar refractivity (Wildman–Crippen MR) is 116 cm³/mol. The molecule has 1 aliphatic heterocycles. The Morgan fingerprint density at radius 1 is 1.13 bits per heavy atom. The molecule has 0 radical (unpaired) electrons. The number of piperidine rings is 1. The largest absolute Gasteiger partial charge is 0.367 e. The lowest BCUT2D eigenvalue weighted by atomic mass is 9.92. The average molecular weight is 405 g/mol. The molecular weight excluding hydrogens is 376 g/mol. The zero-order chi connectivity index (χ0) is 20.8. The summed E-state index contributed by atoms with van der Waals surface area (Å²) in [6.07, 6.45) is 3.55. The fraction of sp³-hybridized carbons (Fsp3) is 0.333. The van der Waals surface area contributed by atoms with E-state index in [0.717, 1.165) is 49.3 Å². The third-order valence-electron chi connectivity index (χ3n) is 5.74. The van der Waals surface area contributed by atoms with Gasteiger partial charge in [0.05, 0.1) is 24.1 Å². The van der Waals surface area contributed by atoms with Crippen LogP contribution < -0.4 is 5.73 Å². The summed E-state index contributed by atoms with van der Waals surface area (Å²) in [5.41, 5.74) is 9.17. The van der Waals surface area contributed by atoms with Crippen molar-refractivity contribution in [3.8, 4) is 0 Å². The highest BCUT2D eigenvalue weighted by Gasteiger charge is 2.26. The van der Waals surface area contributed by atoms with E-state index in [0.29, 0.717) is 12.2 Å². The molecule has 0 unspecified atom stereocenters. The van der Waals surface area contributed by atoms with Crippen LogP contribution in [0.25, 0.3) is 0 Å². The van der Waals surface area contributed by atoms with E-state index in [9.17, 15) is 4.79 Å². The molecule has 1 aromatic heterocycles. The normalized spacial score (nSPS) is 17.3. The number of amides is 1. The maximum absolute atomic E-state index is 11.7. The summed E-state index contributed by atoms with van der Waals surface area (Å²) in [6, 6.07) is 20.7. The summed E-state index contributed by atoms with van der Waals surface area (Å²) in [6.45, 7) is 3.37. The van der Waals surface area contributed by atoms with Crippen LogP contribution in [-0.2, 0) is 4.74 Å². The smallest absolute Gasteiger partial charge is 0.252 e. The molecule has 6 nitrogen and oxygen atoms in total. The van der Waals surface area contributed by atoms with Crippen LogP contribution in [0.2, 0.25) is 0 Å². The molecule has 2 aromatic carbocycles. The van der Waals surface area contributed by atoms with Crippen LogP contribution in [0.5, 0.6) is 0 Å². The van der Waals surface area contributed by atoms with Crippen molar-refractivity contribution < 1.29 is 9.53 Å². The summed E-state index contributed by atoms with van der Waals surface area (Å²) < 4.78 is 6.37. The number of primary amides is 1. The summed E-state index contributed by atoms with van der Waals surface area (Å²) in [4.78, 5) is 14.0. The van der Waals surface area contributed by atoms with Gasteiger partial charge in [0.15, 0.2) is 0 Å². The minimum absolute atomic E-state index is 0.0814. The van der Waals surface area contributed by atoms with Gasteiger partial charge in [0.25, 0.3) is 5.91 Å². The summed E-state index contributed by atoms with van der Waals surface area (Å²) in [5, 5.41) is 7.01. The van der Waals surface area contributed by atoms with Gasteiger partial charge < -0.3 is 15.4 Å². The van der Waals surface area contributed by atoms with E-state index in [1.165, 1.54) is 6.20 Å². The molecule has 3 N–H and O–H groups in total. The molecule has 0 spiro atoms. The first-order chi connectivity index (χ1) is 14.7. The number of aromatic amines is 1. The number of aromatic nitrogens is 2. The number of rotatable bonds is 8. The van der Waals surface area contributed by atoms with Crippen molar-refractivity contribution in [1.82, 2.24) is 15.1 Å². The van der Waals surface area contributed by atoms with Crippen molar-refractivity contribution in [2.45, 2.75) is 24.9 Å². The molecule has 1 amide bonds. The molecule has 156 valence electrons. The van der Waals surface area contributed by atoms with E-state index in [1.807, 2.05) is 36.4 Å². The number of ether oxygens (including phenoxy) is 1. The number of carbonyl (C=O) groups excluding carboxylic acids is 1. The lowest BCUT2D eigenvalue weighted by Crippen LogP contribution is -2.37. The SMILES string of the molecule is NC(=O)c1cn[nH]c1[C@H]1CCCN(CCOC(c2ccccc2)c2ccccc2)C1. The average Bonchev–Trinajstić information content (AvgIpc) is 3.29. The minimum atomic E-state index is -0.423. The second-order valence-corrected chi connectivity index (χ2v) is 7.77. The topological polar surface area (TPSA) is 84.2 Å². The molecular formula is C24H28N4O2. The number of nitrogens with zero attached hydrogens (tertiary/aromatic N) is 2. The van der Waals surface area contributed by atoms with Crippen LogP contribution in [0.3, 0.4) is 0 Å². The van der Waals surface area contributed by atoms with E-state index in [2.05, 4.69) is 39.4 Å². The number of nitrogens with two attached hydrogens (primary N) is 1. The van der Waals surface area contributed by atoms with Gasteiger partial charge >= 0.3 is 0 Å². The van der Waals surface area contributed by atoms with Gasteiger partial charge in [-0.15, -0.1) is 0 Å². The van der Waals surface area contributed by atoms with Crippen molar-refractivity contribution in [3.05, 3.63) is 89.2 Å². The number of likely N-dealkylation sites (tertiary alicyclic amines) is 1. The van der Waals surface area contributed by atoms with E-state index in [1.54, 1.807) is 0 Å². The fourth-order valence-electron chi connectivity index (χ4n) is 4.24. The number of benzene rings is 2. The number of H-pyrrole nitrogens is 1. The van der Waals surface area contributed by atoms with Crippen LogP contribution in [0, 0.1) is 0 Å². The second kappa shape index (κ2) is 9.69. The van der Waals surface area contributed by atoms with Crippen LogP contribution in [-0.4, -0.2) is 47.2 Å². The Bertz CT molecular complexity index is 903. The van der Waals surface area contributed by atoms with E-state index >= 15 is 0 Å². The van der Waals surface area contributed by atoms with Crippen LogP contribution >= 0.6 is 0 Å². The molecule has 2 heterocycles. The number of nitrogens with one attached hydrogen (secondary N) is 1. The molecule has 1 fully saturated rings. The zero-order valence-corrected chi connectivity index (χ0v) is 17.0. The van der Waals surface area contributed by atoms with Gasteiger partial charge in [-0.25, -0.2) is 0 Å². The molecule has 0 aliphatic carbocycles. The first-order valence-electron chi connectivity index (χ1n) is 10.5. The van der Waals surface area contributed by atoms with Gasteiger partial charge in [-0.2, -0.15) is 5.10 Å². The summed E-state index contributed by atoms with van der Waals surface area (Å²) in [7, 11) is 0. The van der Waals surface area contributed by atoms with Crippen molar-refractivity contribution >= 4 is 5.91 Å². The minimum Gasteiger partial charge on any atom is -0.367 e.